The molecule has 0 saturated carbocycles. The van der Waals surface area contributed by atoms with Crippen molar-refractivity contribution in [1.82, 2.24) is 4.98 Å². The van der Waals surface area contributed by atoms with Gasteiger partial charge in [-0.15, -0.1) is 11.8 Å². The Labute approximate surface area is 126 Å². The smallest absolute Gasteiger partial charge is 0.123 e. The molecule has 1 atom stereocenters. The number of aliphatic hydroxyl groups excluding tert-OH is 1. The van der Waals surface area contributed by atoms with Gasteiger partial charge in [0.25, 0.3) is 0 Å². The van der Waals surface area contributed by atoms with Gasteiger partial charge in [0.05, 0.1) is 22.8 Å². The van der Waals surface area contributed by atoms with Crippen LogP contribution in [-0.2, 0) is 0 Å². The van der Waals surface area contributed by atoms with E-state index in [1.54, 1.807) is 18.3 Å². The van der Waals surface area contributed by atoms with Gasteiger partial charge in [-0.25, -0.2) is 9.37 Å². The van der Waals surface area contributed by atoms with Gasteiger partial charge in [-0.2, -0.15) is 5.26 Å². The maximum absolute atomic E-state index is 12.7. The number of nitrogens with zero attached hydrogens (tertiary/aromatic N) is 2. The topological polar surface area (TPSA) is 66.1 Å². The number of benzene rings is 1. The molecular formula is C15H13FN2O2S. The van der Waals surface area contributed by atoms with Crippen molar-refractivity contribution in [3.63, 3.8) is 0 Å². The number of aromatic nitrogens is 1. The minimum atomic E-state index is -0.687. The van der Waals surface area contributed by atoms with Crippen molar-refractivity contribution in [3.8, 4) is 11.8 Å². The van der Waals surface area contributed by atoms with Gasteiger partial charge in [-0.05, 0) is 36.4 Å². The zero-order valence-electron chi connectivity index (χ0n) is 11.1. The van der Waals surface area contributed by atoms with Crippen LogP contribution in [0.3, 0.4) is 0 Å². The summed E-state index contributed by atoms with van der Waals surface area (Å²) in [7, 11) is 0. The standard InChI is InChI=1S/C15H13FN2O2S/c16-12-1-3-14(4-2-12)20-9-13(19)10-21-15-7-11(8-17)5-6-18-15/h1-7,13,19H,9-10H2. The van der Waals surface area contributed by atoms with Crippen molar-refractivity contribution < 1.29 is 14.2 Å². The number of thioether (sulfide) groups is 1. The molecule has 2 rings (SSSR count). The van der Waals surface area contributed by atoms with Crippen LogP contribution in [-0.4, -0.2) is 28.6 Å². The SMILES string of the molecule is N#Cc1ccnc(SCC(O)COc2ccc(F)cc2)c1. The zero-order valence-corrected chi connectivity index (χ0v) is 11.9. The van der Waals surface area contributed by atoms with Gasteiger partial charge in [0.15, 0.2) is 0 Å². The molecule has 0 aliphatic carbocycles. The normalized spacial score (nSPS) is 11.7. The van der Waals surface area contributed by atoms with E-state index in [0.29, 0.717) is 22.1 Å². The van der Waals surface area contributed by atoms with E-state index >= 15 is 0 Å². The molecule has 2 aromatic rings. The van der Waals surface area contributed by atoms with Crippen LogP contribution < -0.4 is 4.74 Å². The van der Waals surface area contributed by atoms with Crippen molar-refractivity contribution in [2.75, 3.05) is 12.4 Å². The Balaban J connectivity index is 1.78. The van der Waals surface area contributed by atoms with E-state index in [2.05, 4.69) is 4.98 Å². The summed E-state index contributed by atoms with van der Waals surface area (Å²) >= 11 is 1.34. The fourth-order valence-corrected chi connectivity index (χ4v) is 2.32. The molecule has 21 heavy (non-hydrogen) atoms. The van der Waals surface area contributed by atoms with E-state index in [1.165, 1.54) is 36.0 Å². The second kappa shape index (κ2) is 7.62. The van der Waals surface area contributed by atoms with E-state index in [1.807, 2.05) is 6.07 Å². The van der Waals surface area contributed by atoms with Crippen LogP contribution >= 0.6 is 11.8 Å². The highest BCUT2D eigenvalue weighted by Gasteiger charge is 2.07. The lowest BCUT2D eigenvalue weighted by atomic mass is 10.3. The largest absolute Gasteiger partial charge is 0.491 e. The molecule has 0 aliphatic rings. The summed E-state index contributed by atoms with van der Waals surface area (Å²) in [5, 5.41) is 19.3. The third-order valence-electron chi connectivity index (χ3n) is 2.54. The van der Waals surface area contributed by atoms with Crippen LogP contribution in [0.1, 0.15) is 5.56 Å². The molecular weight excluding hydrogens is 291 g/mol. The molecule has 0 spiro atoms. The van der Waals surface area contributed by atoms with Gasteiger partial charge in [0.2, 0.25) is 0 Å². The van der Waals surface area contributed by atoms with Crippen molar-refractivity contribution in [1.29, 1.82) is 5.26 Å². The fourth-order valence-electron chi connectivity index (χ4n) is 1.51. The van der Waals surface area contributed by atoms with Gasteiger partial charge in [-0.3, -0.25) is 0 Å². The molecule has 4 nitrogen and oxygen atoms in total. The van der Waals surface area contributed by atoms with Crippen LogP contribution in [0, 0.1) is 17.1 Å². The van der Waals surface area contributed by atoms with Crippen LogP contribution in [0.5, 0.6) is 5.75 Å². The molecule has 108 valence electrons. The summed E-state index contributed by atoms with van der Waals surface area (Å²) in [6, 6.07) is 10.9. The van der Waals surface area contributed by atoms with E-state index in [4.69, 9.17) is 10.00 Å². The number of hydrogen-bond acceptors (Lipinski definition) is 5. The highest BCUT2D eigenvalue weighted by atomic mass is 32.2. The highest BCUT2D eigenvalue weighted by molar-refractivity contribution is 7.99. The number of halogens is 1. The number of hydrogen-bond donors (Lipinski definition) is 1. The average Bonchev–Trinajstić information content (AvgIpc) is 2.52. The molecule has 0 aliphatic heterocycles. The van der Waals surface area contributed by atoms with Crippen LogP contribution in [0.25, 0.3) is 0 Å². The second-order valence-electron chi connectivity index (χ2n) is 4.22. The molecule has 1 aromatic heterocycles. The lowest BCUT2D eigenvalue weighted by Gasteiger charge is -2.11. The first-order chi connectivity index (χ1) is 10.2. The first-order valence-corrected chi connectivity index (χ1v) is 7.21. The summed E-state index contributed by atoms with van der Waals surface area (Å²) in [6.07, 6.45) is 0.870. The molecule has 0 radical (unpaired) electrons. The first kappa shape index (κ1) is 15.3. The Morgan fingerprint density at radius 3 is 2.81 bits per heavy atom. The number of aliphatic hydroxyl groups is 1. The third-order valence-corrected chi connectivity index (χ3v) is 3.61. The minimum Gasteiger partial charge on any atom is -0.491 e. The Bertz CT molecular complexity index is 628. The first-order valence-electron chi connectivity index (χ1n) is 6.23. The molecule has 0 fully saturated rings. The average molecular weight is 304 g/mol. The number of nitriles is 1. The maximum atomic E-state index is 12.7. The molecule has 1 N–H and O–H groups in total. The van der Waals surface area contributed by atoms with Gasteiger partial charge < -0.3 is 9.84 Å². The Kier molecular flexibility index (Phi) is 5.55. The van der Waals surface area contributed by atoms with Gasteiger partial charge >= 0.3 is 0 Å². The molecule has 0 amide bonds. The molecule has 0 bridgehead atoms. The monoisotopic (exact) mass is 304 g/mol. The van der Waals surface area contributed by atoms with Crippen LogP contribution in [0.2, 0.25) is 0 Å². The predicted octanol–water partition coefficient (Wildman–Crippen LogP) is 2.62. The van der Waals surface area contributed by atoms with E-state index in [9.17, 15) is 9.50 Å². The highest BCUT2D eigenvalue weighted by Crippen LogP contribution is 2.18. The Hall–Kier alpha value is -2.10. The zero-order chi connectivity index (χ0) is 15.1. The molecule has 6 heteroatoms. The Morgan fingerprint density at radius 1 is 1.33 bits per heavy atom. The van der Waals surface area contributed by atoms with Crippen molar-refractivity contribution in [3.05, 3.63) is 54.0 Å². The van der Waals surface area contributed by atoms with E-state index < -0.39 is 6.10 Å². The van der Waals surface area contributed by atoms with Gasteiger partial charge in [0, 0.05) is 11.9 Å². The summed E-state index contributed by atoms with van der Waals surface area (Å²) < 4.78 is 18.1. The molecule has 0 saturated heterocycles. The maximum Gasteiger partial charge on any atom is 0.123 e. The molecule has 1 unspecified atom stereocenters. The summed E-state index contributed by atoms with van der Waals surface area (Å²) in [6.45, 7) is 0.108. The quantitative estimate of drug-likeness (QED) is 0.831. The van der Waals surface area contributed by atoms with Gasteiger partial charge in [0.1, 0.15) is 18.2 Å². The summed E-state index contributed by atoms with van der Waals surface area (Å²) in [5.74, 6) is 0.565. The van der Waals surface area contributed by atoms with Crippen LogP contribution in [0.4, 0.5) is 4.39 Å². The number of pyridine rings is 1. The third kappa shape index (κ3) is 5.06. The Morgan fingerprint density at radius 2 is 2.10 bits per heavy atom. The van der Waals surface area contributed by atoms with E-state index in [0.717, 1.165) is 0 Å². The fraction of sp³-hybridized carbons (Fsp3) is 0.200. The summed E-state index contributed by atoms with van der Waals surface area (Å²) in [5.41, 5.74) is 0.532. The summed E-state index contributed by atoms with van der Waals surface area (Å²) in [4.78, 5) is 4.11. The minimum absolute atomic E-state index is 0.108. The number of ether oxygens (including phenoxy) is 1. The lowest BCUT2D eigenvalue weighted by molar-refractivity contribution is 0.126. The second-order valence-corrected chi connectivity index (χ2v) is 5.26. The molecule has 1 aromatic carbocycles. The van der Waals surface area contributed by atoms with Gasteiger partial charge in [-0.1, -0.05) is 0 Å². The van der Waals surface area contributed by atoms with Crippen LogP contribution in [0.15, 0.2) is 47.6 Å². The van der Waals surface area contributed by atoms with E-state index in [-0.39, 0.29) is 12.4 Å². The van der Waals surface area contributed by atoms with Crippen molar-refractivity contribution in [2.24, 2.45) is 0 Å². The van der Waals surface area contributed by atoms with Crippen molar-refractivity contribution >= 4 is 11.8 Å². The lowest BCUT2D eigenvalue weighted by Crippen LogP contribution is -2.20. The predicted molar refractivity (Wildman–Crippen MR) is 77.6 cm³/mol. The molecule has 1 heterocycles. The number of rotatable bonds is 6. The van der Waals surface area contributed by atoms with Crippen molar-refractivity contribution in [2.45, 2.75) is 11.1 Å².